The minimum Gasteiger partial charge on any atom is -0.314 e. The predicted octanol–water partition coefficient (Wildman–Crippen LogP) is -1.33. The van der Waals surface area contributed by atoms with Crippen LogP contribution in [0.15, 0.2) is 0 Å². The number of hydroxylamine groups is 2. The summed E-state index contributed by atoms with van der Waals surface area (Å²) in [6.07, 6.45) is 0. The number of thiol groups is 1. The molecule has 0 saturated carbocycles. The van der Waals surface area contributed by atoms with Gasteiger partial charge in [-0.05, 0) is 0 Å². The predicted molar refractivity (Wildman–Crippen MR) is 27.5 cm³/mol. The molecule has 4 nitrogen and oxygen atoms in total. The average molecular weight is 137 g/mol. The second-order valence-electron chi connectivity index (χ2n) is 1.81. The quantitative estimate of drug-likeness (QED) is 0.440. The summed E-state index contributed by atoms with van der Waals surface area (Å²) in [5, 5.41) is 9.10. The number of hydrogen-bond acceptors (Lipinski definition) is 4. The van der Waals surface area contributed by atoms with Crippen molar-refractivity contribution in [3.63, 3.8) is 0 Å². The molecule has 1 rings (SSSR count). The molecule has 0 unspecified atom stereocenters. The summed E-state index contributed by atoms with van der Waals surface area (Å²) in [4.78, 5) is 0. The molecule has 0 radical (unpaired) electrons. The van der Waals surface area contributed by atoms with Gasteiger partial charge in [-0.25, -0.2) is 8.42 Å². The monoisotopic (exact) mass is 137 g/mol. The van der Waals surface area contributed by atoms with Crippen molar-refractivity contribution < 1.29 is 13.6 Å². The lowest BCUT2D eigenvalue weighted by Crippen LogP contribution is -2.49. The highest BCUT2D eigenvalue weighted by atomic mass is 32.2. The molecular formula is C3H7NO3S. The van der Waals surface area contributed by atoms with Gasteiger partial charge in [-0.2, -0.15) is 5.06 Å². The van der Waals surface area contributed by atoms with Crippen molar-refractivity contribution in [2.24, 2.45) is 0 Å². The second kappa shape index (κ2) is 2.00. The summed E-state index contributed by atoms with van der Waals surface area (Å²) >= 11 is 0. The number of hydrogen-bond donors (Lipinski definition) is 2. The van der Waals surface area contributed by atoms with Crippen LogP contribution in [0.5, 0.6) is 0 Å². The van der Waals surface area contributed by atoms with Gasteiger partial charge in [-0.1, -0.05) is 0 Å². The molecule has 0 atom stereocenters. The van der Waals surface area contributed by atoms with Gasteiger partial charge in [0.2, 0.25) is 0 Å². The van der Waals surface area contributed by atoms with Crippen LogP contribution in [0.4, 0.5) is 0 Å². The summed E-state index contributed by atoms with van der Waals surface area (Å²) in [5.41, 5.74) is 0. The van der Waals surface area contributed by atoms with E-state index < -0.39 is 10.7 Å². The lowest BCUT2D eigenvalue weighted by atomic mass is 10.3. The zero-order chi connectivity index (χ0) is 6.15. The zero-order valence-corrected chi connectivity index (χ0v) is 5.04. The van der Waals surface area contributed by atoms with Crippen molar-refractivity contribution in [2.45, 2.75) is 5.25 Å². The molecule has 1 aliphatic rings. The van der Waals surface area contributed by atoms with Crippen molar-refractivity contribution >= 4 is 10.7 Å². The average Bonchev–Trinajstić information content (AvgIpc) is 1.57. The first-order chi connectivity index (χ1) is 3.70. The Bertz CT molecular complexity index is 141. The van der Waals surface area contributed by atoms with Gasteiger partial charge in [-0.15, -0.1) is 0 Å². The summed E-state index contributed by atoms with van der Waals surface area (Å²) in [6, 6.07) is 0. The third-order valence-corrected chi connectivity index (χ3v) is 2.06. The molecule has 1 fully saturated rings. The first-order valence-electron chi connectivity index (χ1n) is 2.27. The van der Waals surface area contributed by atoms with Crippen LogP contribution >= 0.6 is 0 Å². The number of nitrogens with zero attached hydrogens (tertiary/aromatic N) is 1. The summed E-state index contributed by atoms with van der Waals surface area (Å²) < 4.78 is 20.1. The van der Waals surface area contributed by atoms with E-state index in [0.717, 1.165) is 5.06 Å². The van der Waals surface area contributed by atoms with E-state index in [4.69, 9.17) is 5.21 Å². The van der Waals surface area contributed by atoms with E-state index in [1.54, 1.807) is 0 Å². The van der Waals surface area contributed by atoms with E-state index in [1.165, 1.54) is 0 Å². The lowest BCUT2D eigenvalue weighted by molar-refractivity contribution is -0.134. The molecule has 1 N–H and O–H groups in total. The molecule has 8 heavy (non-hydrogen) atoms. The zero-order valence-electron chi connectivity index (χ0n) is 4.15. The molecule has 1 heterocycles. The van der Waals surface area contributed by atoms with Crippen LogP contribution in [0.2, 0.25) is 0 Å². The highest BCUT2D eigenvalue weighted by molar-refractivity contribution is 7.73. The Morgan fingerprint density at radius 3 is 2.12 bits per heavy atom. The van der Waals surface area contributed by atoms with Gasteiger partial charge >= 0.3 is 0 Å². The third kappa shape index (κ3) is 0.988. The fourth-order valence-electron chi connectivity index (χ4n) is 0.566. The van der Waals surface area contributed by atoms with E-state index in [1.807, 2.05) is 0 Å². The topological polar surface area (TPSA) is 57.6 Å². The summed E-state index contributed by atoms with van der Waals surface area (Å²) in [6.45, 7) is 0.553. The molecule has 1 aliphatic heterocycles. The third-order valence-electron chi connectivity index (χ3n) is 1.14. The molecular weight excluding hydrogens is 130 g/mol. The molecule has 5 heteroatoms. The molecule has 48 valence electrons. The Labute approximate surface area is 48.6 Å². The Hall–Kier alpha value is -0.130. The van der Waals surface area contributed by atoms with E-state index in [0.29, 0.717) is 0 Å². The highest BCUT2D eigenvalue weighted by Crippen LogP contribution is 2.05. The summed E-state index contributed by atoms with van der Waals surface area (Å²) in [5.74, 6) is 0. The Morgan fingerprint density at radius 2 is 2.00 bits per heavy atom. The van der Waals surface area contributed by atoms with E-state index in [2.05, 4.69) is 0 Å². The van der Waals surface area contributed by atoms with Gasteiger partial charge in [-0.3, -0.25) is 0 Å². The van der Waals surface area contributed by atoms with Crippen molar-refractivity contribution in [1.82, 2.24) is 5.06 Å². The van der Waals surface area contributed by atoms with Crippen LogP contribution in [0.1, 0.15) is 0 Å². The van der Waals surface area contributed by atoms with Crippen LogP contribution in [0.25, 0.3) is 0 Å². The second-order valence-corrected chi connectivity index (χ2v) is 3.11. The Kier molecular flexibility index (Phi) is 1.50. The standard InChI is InChI=1S/C3H7NO3S/c5-4-1-3(2-4)8(6)7/h3,5,8H,1-2H2. The maximum atomic E-state index is 10.0. The lowest BCUT2D eigenvalue weighted by Gasteiger charge is -2.29. The molecule has 0 bridgehead atoms. The van der Waals surface area contributed by atoms with Gasteiger partial charge in [0.05, 0.1) is 5.25 Å². The first-order valence-corrected chi connectivity index (χ1v) is 3.52. The molecule has 0 aliphatic carbocycles. The maximum absolute atomic E-state index is 10.0. The van der Waals surface area contributed by atoms with Crippen LogP contribution in [0, 0.1) is 0 Å². The maximum Gasteiger partial charge on any atom is 0.145 e. The van der Waals surface area contributed by atoms with Crippen LogP contribution in [-0.4, -0.2) is 37.0 Å². The molecule has 0 aromatic heterocycles. The summed E-state index contributed by atoms with van der Waals surface area (Å²) in [7, 11) is -2.30. The number of rotatable bonds is 1. The fraction of sp³-hybridized carbons (Fsp3) is 1.00. The molecule has 0 spiro atoms. The van der Waals surface area contributed by atoms with E-state index in [9.17, 15) is 8.42 Å². The van der Waals surface area contributed by atoms with Crippen molar-refractivity contribution in [1.29, 1.82) is 0 Å². The highest BCUT2D eigenvalue weighted by Gasteiger charge is 2.27. The van der Waals surface area contributed by atoms with Crippen LogP contribution < -0.4 is 0 Å². The molecule has 0 aromatic rings. The van der Waals surface area contributed by atoms with Crippen molar-refractivity contribution in [3.8, 4) is 0 Å². The molecule has 1 saturated heterocycles. The van der Waals surface area contributed by atoms with Crippen molar-refractivity contribution in [3.05, 3.63) is 0 Å². The van der Waals surface area contributed by atoms with E-state index in [-0.39, 0.29) is 18.3 Å². The minimum atomic E-state index is -2.30. The van der Waals surface area contributed by atoms with Crippen molar-refractivity contribution in [2.75, 3.05) is 13.1 Å². The van der Waals surface area contributed by atoms with Crippen LogP contribution in [0.3, 0.4) is 0 Å². The molecule has 0 amide bonds. The minimum absolute atomic E-state index is 0.276. The fourth-order valence-corrected chi connectivity index (χ4v) is 1.21. The van der Waals surface area contributed by atoms with Gasteiger partial charge < -0.3 is 5.21 Å². The largest absolute Gasteiger partial charge is 0.314 e. The molecule has 0 aromatic carbocycles. The van der Waals surface area contributed by atoms with Crippen LogP contribution in [-0.2, 0) is 10.7 Å². The van der Waals surface area contributed by atoms with Gasteiger partial charge in [0, 0.05) is 13.1 Å². The Balaban J connectivity index is 2.36. The van der Waals surface area contributed by atoms with E-state index >= 15 is 0 Å². The first kappa shape index (κ1) is 6.00. The normalized spacial score (nSPS) is 23.8. The van der Waals surface area contributed by atoms with Gasteiger partial charge in [0.25, 0.3) is 0 Å². The van der Waals surface area contributed by atoms with Gasteiger partial charge in [0.1, 0.15) is 10.7 Å². The Morgan fingerprint density at radius 1 is 1.50 bits per heavy atom. The SMILES string of the molecule is O=[SH](=O)C1CN(O)C1. The van der Waals surface area contributed by atoms with Gasteiger partial charge in [0.15, 0.2) is 0 Å². The smallest absolute Gasteiger partial charge is 0.145 e.